The summed E-state index contributed by atoms with van der Waals surface area (Å²) in [5.74, 6) is 0.556. The van der Waals surface area contributed by atoms with E-state index >= 15 is 0 Å². The van der Waals surface area contributed by atoms with Crippen LogP contribution in [0.1, 0.15) is 0 Å². The summed E-state index contributed by atoms with van der Waals surface area (Å²) in [6.07, 6.45) is 0. The van der Waals surface area contributed by atoms with Crippen LogP contribution in [0.25, 0.3) is 77.6 Å². The molecular formula is C43H26N2O3. The van der Waals surface area contributed by atoms with Gasteiger partial charge >= 0.3 is 0 Å². The highest BCUT2D eigenvalue weighted by molar-refractivity contribution is 6.18. The van der Waals surface area contributed by atoms with Crippen molar-refractivity contribution in [2.75, 3.05) is 4.90 Å². The van der Waals surface area contributed by atoms with Gasteiger partial charge in [0.05, 0.1) is 11.1 Å². The first-order valence-corrected chi connectivity index (χ1v) is 16.0. The molecule has 0 saturated carbocycles. The molecule has 0 radical (unpaired) electrons. The van der Waals surface area contributed by atoms with Gasteiger partial charge in [0.1, 0.15) is 27.8 Å². The third-order valence-electron chi connectivity index (χ3n) is 9.10. The van der Waals surface area contributed by atoms with Gasteiger partial charge in [0, 0.05) is 39.2 Å². The Morgan fingerprint density at radius 3 is 1.98 bits per heavy atom. The molecule has 48 heavy (non-hydrogen) atoms. The molecule has 0 unspecified atom stereocenters. The van der Waals surface area contributed by atoms with Crippen LogP contribution in [0, 0.1) is 0 Å². The number of hydrogen-bond donors (Lipinski definition) is 0. The highest BCUT2D eigenvalue weighted by Crippen LogP contribution is 2.47. The molecule has 10 rings (SSSR count). The van der Waals surface area contributed by atoms with Crippen molar-refractivity contribution >= 4 is 72.0 Å². The lowest BCUT2D eigenvalue weighted by molar-refractivity contribution is 0.620. The summed E-state index contributed by atoms with van der Waals surface area (Å²) in [7, 11) is 0. The molecule has 3 aromatic heterocycles. The molecular weight excluding hydrogens is 592 g/mol. The number of para-hydroxylation sites is 3. The summed E-state index contributed by atoms with van der Waals surface area (Å²) < 4.78 is 19.2. The summed E-state index contributed by atoms with van der Waals surface area (Å²) in [6, 6.07) is 53.9. The van der Waals surface area contributed by atoms with E-state index in [1.165, 1.54) is 0 Å². The van der Waals surface area contributed by atoms with Crippen molar-refractivity contribution in [3.05, 3.63) is 158 Å². The monoisotopic (exact) mass is 618 g/mol. The lowest BCUT2D eigenvalue weighted by atomic mass is 10.0. The number of hydrogen-bond acceptors (Lipinski definition) is 5. The van der Waals surface area contributed by atoms with Gasteiger partial charge in [0.25, 0.3) is 0 Å². The molecule has 5 heteroatoms. The second kappa shape index (κ2) is 10.5. The van der Waals surface area contributed by atoms with Gasteiger partial charge in [-0.1, -0.05) is 84.9 Å². The van der Waals surface area contributed by atoms with Crippen LogP contribution in [0.4, 0.5) is 17.1 Å². The Labute approximate surface area is 274 Å². The Kier molecular flexibility index (Phi) is 5.81. The van der Waals surface area contributed by atoms with Crippen molar-refractivity contribution in [3.8, 4) is 22.6 Å². The van der Waals surface area contributed by atoms with Crippen molar-refractivity contribution in [1.82, 2.24) is 4.98 Å². The molecule has 10 aromatic rings. The van der Waals surface area contributed by atoms with Crippen LogP contribution in [-0.4, -0.2) is 4.98 Å². The molecule has 5 nitrogen and oxygen atoms in total. The number of oxazole rings is 1. The van der Waals surface area contributed by atoms with Crippen LogP contribution < -0.4 is 4.90 Å². The predicted octanol–water partition coefficient (Wildman–Crippen LogP) is 12.4. The van der Waals surface area contributed by atoms with Crippen LogP contribution in [-0.2, 0) is 0 Å². The molecule has 7 aromatic carbocycles. The fourth-order valence-electron chi connectivity index (χ4n) is 6.94. The number of fused-ring (bicyclic) bond motifs is 7. The standard InChI is InChI=1S/C43H26N2O3/c1-2-11-27(12-3-1)28-13-8-14-29(25-28)45(30-23-24-32-31-15-4-6-19-36(31)46-40(32)26-30)35-18-10-22-39-42(35)41-33(16-9-21-38(41)47-39)43-44-34-17-5-7-20-37(34)48-43/h1-26H. The van der Waals surface area contributed by atoms with E-state index in [2.05, 4.69) is 89.8 Å². The zero-order chi connectivity index (χ0) is 31.6. The molecule has 0 bridgehead atoms. The zero-order valence-corrected chi connectivity index (χ0v) is 25.6. The number of rotatable bonds is 5. The molecule has 0 atom stereocenters. The fourth-order valence-corrected chi connectivity index (χ4v) is 6.94. The average Bonchev–Trinajstić information content (AvgIpc) is 3.85. The molecule has 0 N–H and O–H groups in total. The van der Waals surface area contributed by atoms with Gasteiger partial charge in [-0.3, -0.25) is 0 Å². The van der Waals surface area contributed by atoms with Gasteiger partial charge in [-0.15, -0.1) is 0 Å². The van der Waals surface area contributed by atoms with E-state index in [4.69, 9.17) is 18.2 Å². The molecule has 0 spiro atoms. The van der Waals surface area contributed by atoms with E-state index in [9.17, 15) is 0 Å². The zero-order valence-electron chi connectivity index (χ0n) is 25.6. The van der Waals surface area contributed by atoms with Gasteiger partial charge in [-0.05, 0) is 77.9 Å². The van der Waals surface area contributed by atoms with Crippen LogP contribution in [0.15, 0.2) is 171 Å². The van der Waals surface area contributed by atoms with Gasteiger partial charge in [-0.2, -0.15) is 0 Å². The average molecular weight is 619 g/mol. The van der Waals surface area contributed by atoms with Crippen molar-refractivity contribution in [2.45, 2.75) is 0 Å². The fraction of sp³-hybridized carbons (Fsp3) is 0. The lowest BCUT2D eigenvalue weighted by Crippen LogP contribution is -2.10. The SMILES string of the molecule is c1ccc(-c2cccc(N(c3ccc4c(c3)oc3ccccc34)c3cccc4oc5cccc(-c6nc7ccccc7o6)c5c34)c2)cc1. The van der Waals surface area contributed by atoms with E-state index in [-0.39, 0.29) is 0 Å². The molecule has 0 aliphatic heterocycles. The molecule has 226 valence electrons. The largest absolute Gasteiger partial charge is 0.456 e. The molecule has 0 saturated heterocycles. The van der Waals surface area contributed by atoms with Crippen molar-refractivity contribution < 1.29 is 13.3 Å². The minimum atomic E-state index is 0.556. The first-order chi connectivity index (χ1) is 23.8. The van der Waals surface area contributed by atoms with Crippen LogP contribution in [0.5, 0.6) is 0 Å². The van der Waals surface area contributed by atoms with E-state index < -0.39 is 0 Å². The Morgan fingerprint density at radius 2 is 1.08 bits per heavy atom. The number of anilines is 3. The van der Waals surface area contributed by atoms with E-state index in [0.717, 1.165) is 88.7 Å². The third kappa shape index (κ3) is 4.15. The maximum absolute atomic E-state index is 6.54. The van der Waals surface area contributed by atoms with Gasteiger partial charge in [0.15, 0.2) is 5.58 Å². The van der Waals surface area contributed by atoms with Crippen molar-refractivity contribution in [1.29, 1.82) is 0 Å². The molecule has 0 fully saturated rings. The quantitative estimate of drug-likeness (QED) is 0.192. The Hall–Kier alpha value is -6.59. The third-order valence-corrected chi connectivity index (χ3v) is 9.10. The summed E-state index contributed by atoms with van der Waals surface area (Å²) in [5, 5.41) is 4.10. The molecule has 0 aliphatic carbocycles. The Morgan fingerprint density at radius 1 is 0.417 bits per heavy atom. The first-order valence-electron chi connectivity index (χ1n) is 16.0. The van der Waals surface area contributed by atoms with E-state index in [1.807, 2.05) is 72.8 Å². The van der Waals surface area contributed by atoms with Crippen LogP contribution >= 0.6 is 0 Å². The minimum absolute atomic E-state index is 0.556. The van der Waals surface area contributed by atoms with Gasteiger partial charge < -0.3 is 18.2 Å². The first kappa shape index (κ1) is 26.6. The molecule has 3 heterocycles. The minimum Gasteiger partial charge on any atom is -0.456 e. The highest BCUT2D eigenvalue weighted by atomic mass is 16.4. The summed E-state index contributed by atoms with van der Waals surface area (Å²) in [5.41, 5.74) is 10.9. The lowest BCUT2D eigenvalue weighted by Gasteiger charge is -2.27. The predicted molar refractivity (Wildman–Crippen MR) is 194 cm³/mol. The maximum atomic E-state index is 6.54. The Balaban J connectivity index is 1.26. The summed E-state index contributed by atoms with van der Waals surface area (Å²) in [6.45, 7) is 0. The van der Waals surface area contributed by atoms with Gasteiger partial charge in [-0.25, -0.2) is 4.98 Å². The summed E-state index contributed by atoms with van der Waals surface area (Å²) in [4.78, 5) is 7.17. The normalized spacial score (nSPS) is 11.8. The van der Waals surface area contributed by atoms with Crippen molar-refractivity contribution in [3.63, 3.8) is 0 Å². The number of aromatic nitrogens is 1. The smallest absolute Gasteiger partial charge is 0.228 e. The number of furan rings is 2. The highest BCUT2D eigenvalue weighted by Gasteiger charge is 2.24. The van der Waals surface area contributed by atoms with Crippen LogP contribution in [0.2, 0.25) is 0 Å². The van der Waals surface area contributed by atoms with Crippen molar-refractivity contribution in [2.24, 2.45) is 0 Å². The second-order valence-corrected chi connectivity index (χ2v) is 11.9. The second-order valence-electron chi connectivity index (χ2n) is 11.9. The van der Waals surface area contributed by atoms with E-state index in [0.29, 0.717) is 5.89 Å². The van der Waals surface area contributed by atoms with Gasteiger partial charge in [0.2, 0.25) is 5.89 Å². The van der Waals surface area contributed by atoms with E-state index in [1.54, 1.807) is 0 Å². The maximum Gasteiger partial charge on any atom is 0.228 e. The number of benzene rings is 7. The number of nitrogens with zero attached hydrogens (tertiary/aromatic N) is 2. The Bertz CT molecular complexity index is 2770. The summed E-state index contributed by atoms with van der Waals surface area (Å²) >= 11 is 0. The topological polar surface area (TPSA) is 55.6 Å². The van der Waals surface area contributed by atoms with Crippen LogP contribution in [0.3, 0.4) is 0 Å². The molecule has 0 aliphatic rings. The molecule has 0 amide bonds.